The molecule has 0 aliphatic carbocycles. The van der Waals surface area contributed by atoms with E-state index in [1.54, 1.807) is 0 Å². The van der Waals surface area contributed by atoms with Gasteiger partial charge in [0.2, 0.25) is 0 Å². The summed E-state index contributed by atoms with van der Waals surface area (Å²) in [6.45, 7) is 3.82. The molecule has 0 bridgehead atoms. The van der Waals surface area contributed by atoms with Gasteiger partial charge < -0.3 is 16.2 Å². The predicted molar refractivity (Wildman–Crippen MR) is 58.4 cm³/mol. The molecule has 82 valence electrons. The highest BCUT2D eigenvalue weighted by Crippen LogP contribution is 2.13. The molecule has 1 aliphatic heterocycles. The largest absolute Gasteiger partial charge is 0.395 e. The number of nitrogens with two attached hydrogens (primary N) is 1. The van der Waals surface area contributed by atoms with Gasteiger partial charge in [-0.15, -0.1) is 0 Å². The molecule has 4 heteroatoms. The van der Waals surface area contributed by atoms with E-state index in [1.807, 2.05) is 0 Å². The minimum absolute atomic E-state index is 0.0245. The summed E-state index contributed by atoms with van der Waals surface area (Å²) in [5.74, 6) is 1.82. The summed E-state index contributed by atoms with van der Waals surface area (Å²) in [6, 6.07) is -0.182. The van der Waals surface area contributed by atoms with E-state index in [9.17, 15) is 0 Å². The van der Waals surface area contributed by atoms with E-state index >= 15 is 0 Å². The molecule has 0 fully saturated rings. The fourth-order valence-electron chi connectivity index (χ4n) is 1.48. The first-order valence-electron chi connectivity index (χ1n) is 5.36. The normalized spacial score (nSPS) is 25.1. The number of rotatable bonds is 3. The van der Waals surface area contributed by atoms with Gasteiger partial charge >= 0.3 is 0 Å². The van der Waals surface area contributed by atoms with Crippen LogP contribution in [0.3, 0.4) is 0 Å². The van der Waals surface area contributed by atoms with Crippen LogP contribution in [0.1, 0.15) is 26.2 Å². The summed E-state index contributed by atoms with van der Waals surface area (Å²) in [4.78, 5) is 4.45. The van der Waals surface area contributed by atoms with Crippen molar-refractivity contribution in [2.75, 3.05) is 19.7 Å². The van der Waals surface area contributed by atoms with Gasteiger partial charge in [-0.25, -0.2) is 0 Å². The van der Waals surface area contributed by atoms with Gasteiger partial charge in [-0.2, -0.15) is 0 Å². The van der Waals surface area contributed by atoms with Crippen LogP contribution in [-0.4, -0.2) is 36.7 Å². The SMILES string of the molecule is CC1CCN=C(NCC(N)CO)CC1. The second kappa shape index (κ2) is 5.98. The summed E-state index contributed by atoms with van der Waals surface area (Å²) < 4.78 is 0. The summed E-state index contributed by atoms with van der Waals surface area (Å²) in [5.41, 5.74) is 5.59. The van der Waals surface area contributed by atoms with E-state index in [-0.39, 0.29) is 12.6 Å². The number of nitrogens with zero attached hydrogens (tertiary/aromatic N) is 1. The third kappa shape index (κ3) is 4.07. The van der Waals surface area contributed by atoms with Gasteiger partial charge in [0.25, 0.3) is 0 Å². The highest BCUT2D eigenvalue weighted by molar-refractivity contribution is 5.82. The second-order valence-corrected chi connectivity index (χ2v) is 4.08. The van der Waals surface area contributed by atoms with Gasteiger partial charge in [-0.3, -0.25) is 4.99 Å². The molecule has 0 saturated heterocycles. The van der Waals surface area contributed by atoms with Crippen molar-refractivity contribution in [3.05, 3.63) is 0 Å². The zero-order chi connectivity index (χ0) is 10.4. The van der Waals surface area contributed by atoms with Crippen LogP contribution in [0.15, 0.2) is 4.99 Å². The van der Waals surface area contributed by atoms with E-state index in [0.717, 1.165) is 24.7 Å². The van der Waals surface area contributed by atoms with Crippen molar-refractivity contribution in [2.45, 2.75) is 32.2 Å². The summed E-state index contributed by atoms with van der Waals surface area (Å²) in [5, 5.41) is 12.0. The van der Waals surface area contributed by atoms with Crippen LogP contribution in [0.2, 0.25) is 0 Å². The van der Waals surface area contributed by atoms with E-state index in [4.69, 9.17) is 10.8 Å². The van der Waals surface area contributed by atoms with Gasteiger partial charge in [0.1, 0.15) is 0 Å². The molecule has 1 aliphatic rings. The summed E-state index contributed by atoms with van der Waals surface area (Å²) >= 11 is 0. The Balaban J connectivity index is 2.26. The molecule has 0 aromatic rings. The van der Waals surface area contributed by atoms with Crippen molar-refractivity contribution in [1.82, 2.24) is 5.32 Å². The molecule has 0 saturated carbocycles. The Kier molecular flexibility index (Phi) is 4.90. The average Bonchev–Trinajstić information content (AvgIpc) is 2.39. The molecule has 1 rings (SSSR count). The number of hydrogen-bond donors (Lipinski definition) is 3. The van der Waals surface area contributed by atoms with Crippen LogP contribution < -0.4 is 11.1 Å². The first kappa shape index (κ1) is 11.5. The second-order valence-electron chi connectivity index (χ2n) is 4.08. The quantitative estimate of drug-likeness (QED) is 0.604. The van der Waals surface area contributed by atoms with Crippen molar-refractivity contribution in [2.24, 2.45) is 16.6 Å². The minimum atomic E-state index is -0.182. The average molecular weight is 199 g/mol. The van der Waals surface area contributed by atoms with E-state index in [1.165, 1.54) is 12.8 Å². The fourth-order valence-corrected chi connectivity index (χ4v) is 1.48. The zero-order valence-corrected chi connectivity index (χ0v) is 8.87. The molecule has 2 unspecified atom stereocenters. The van der Waals surface area contributed by atoms with Crippen LogP contribution >= 0.6 is 0 Å². The number of aliphatic imine (C=N–C) groups is 1. The lowest BCUT2D eigenvalue weighted by molar-refractivity contribution is 0.266. The minimum Gasteiger partial charge on any atom is -0.395 e. The molecule has 0 spiro atoms. The van der Waals surface area contributed by atoms with Crippen LogP contribution in [0.4, 0.5) is 0 Å². The van der Waals surface area contributed by atoms with Crippen LogP contribution in [0.25, 0.3) is 0 Å². The molecule has 1 heterocycles. The van der Waals surface area contributed by atoms with Crippen LogP contribution in [0.5, 0.6) is 0 Å². The van der Waals surface area contributed by atoms with Crippen LogP contribution in [-0.2, 0) is 0 Å². The summed E-state index contributed by atoms with van der Waals surface area (Å²) in [7, 11) is 0. The first-order chi connectivity index (χ1) is 6.72. The molecule has 0 radical (unpaired) electrons. The van der Waals surface area contributed by atoms with Gasteiger partial charge in [0.15, 0.2) is 0 Å². The molecule has 14 heavy (non-hydrogen) atoms. The summed E-state index contributed by atoms with van der Waals surface area (Å²) in [6.07, 6.45) is 3.39. The standard InChI is InChI=1S/C10H21N3O/c1-8-2-3-10(12-5-4-8)13-6-9(11)7-14/h8-9,14H,2-7,11H2,1H3,(H,12,13). The third-order valence-corrected chi connectivity index (χ3v) is 2.60. The molecular formula is C10H21N3O. The van der Waals surface area contributed by atoms with Crippen molar-refractivity contribution < 1.29 is 5.11 Å². The zero-order valence-electron chi connectivity index (χ0n) is 8.87. The molecule has 4 nitrogen and oxygen atoms in total. The van der Waals surface area contributed by atoms with E-state index in [2.05, 4.69) is 17.2 Å². The molecule has 2 atom stereocenters. The Hall–Kier alpha value is -0.610. The lowest BCUT2D eigenvalue weighted by atomic mass is 10.0. The van der Waals surface area contributed by atoms with Crippen LogP contribution in [0, 0.1) is 5.92 Å². The van der Waals surface area contributed by atoms with Crippen molar-refractivity contribution in [3.8, 4) is 0 Å². The smallest absolute Gasteiger partial charge is 0.0963 e. The highest BCUT2D eigenvalue weighted by atomic mass is 16.3. The molecular weight excluding hydrogens is 178 g/mol. The topological polar surface area (TPSA) is 70.6 Å². The molecule has 0 aromatic heterocycles. The Morgan fingerprint density at radius 1 is 1.64 bits per heavy atom. The lowest BCUT2D eigenvalue weighted by Crippen LogP contribution is -2.39. The van der Waals surface area contributed by atoms with Crippen molar-refractivity contribution in [3.63, 3.8) is 0 Å². The van der Waals surface area contributed by atoms with Gasteiger partial charge in [-0.1, -0.05) is 6.92 Å². The van der Waals surface area contributed by atoms with E-state index < -0.39 is 0 Å². The Labute approximate surface area is 85.6 Å². The number of aliphatic hydroxyl groups is 1. The third-order valence-electron chi connectivity index (χ3n) is 2.60. The highest BCUT2D eigenvalue weighted by Gasteiger charge is 2.10. The lowest BCUT2D eigenvalue weighted by Gasteiger charge is -2.12. The Morgan fingerprint density at radius 2 is 2.43 bits per heavy atom. The Bertz CT molecular complexity index is 194. The maximum Gasteiger partial charge on any atom is 0.0963 e. The van der Waals surface area contributed by atoms with Gasteiger partial charge in [0.05, 0.1) is 12.4 Å². The molecule has 4 N–H and O–H groups in total. The van der Waals surface area contributed by atoms with Gasteiger partial charge in [0, 0.05) is 25.6 Å². The number of aliphatic hydroxyl groups excluding tert-OH is 1. The first-order valence-corrected chi connectivity index (χ1v) is 5.36. The van der Waals surface area contributed by atoms with E-state index in [0.29, 0.717) is 6.54 Å². The van der Waals surface area contributed by atoms with Crippen molar-refractivity contribution >= 4 is 5.84 Å². The maximum atomic E-state index is 8.76. The number of hydrogen-bond acceptors (Lipinski definition) is 4. The fraction of sp³-hybridized carbons (Fsp3) is 0.900. The number of nitrogens with one attached hydrogen (secondary N) is 1. The monoisotopic (exact) mass is 199 g/mol. The predicted octanol–water partition coefficient (Wildman–Crippen LogP) is 0.114. The maximum absolute atomic E-state index is 8.76. The molecule has 0 aromatic carbocycles. The Morgan fingerprint density at radius 3 is 3.14 bits per heavy atom. The number of amidine groups is 1. The van der Waals surface area contributed by atoms with Gasteiger partial charge in [-0.05, 0) is 18.8 Å². The molecule has 0 amide bonds. The van der Waals surface area contributed by atoms with Crippen molar-refractivity contribution in [1.29, 1.82) is 0 Å².